The van der Waals surface area contributed by atoms with Gasteiger partial charge in [-0.1, -0.05) is 30.3 Å². The lowest BCUT2D eigenvalue weighted by Crippen LogP contribution is -2.54. The molecular weight excluding hydrogens is 728 g/mol. The highest BCUT2D eigenvalue weighted by molar-refractivity contribution is 5.77. The molecule has 2 unspecified atom stereocenters. The van der Waals surface area contributed by atoms with Gasteiger partial charge in [0.05, 0.1) is 6.42 Å². The Labute approximate surface area is 333 Å². The van der Waals surface area contributed by atoms with Crippen LogP contribution in [-0.2, 0) is 16.1 Å². The summed E-state index contributed by atoms with van der Waals surface area (Å²) >= 11 is 0. The highest BCUT2D eigenvalue weighted by Gasteiger charge is 2.50. The second kappa shape index (κ2) is 16.7. The number of amides is 2. The van der Waals surface area contributed by atoms with Gasteiger partial charge < -0.3 is 9.80 Å². The molecule has 8 nitrogen and oxygen atoms in total. The molecule has 1 aromatic rings. The maximum Gasteiger partial charge on any atom is 0.389 e. The van der Waals surface area contributed by atoms with Gasteiger partial charge in [-0.05, 0) is 94.1 Å². The van der Waals surface area contributed by atoms with Gasteiger partial charge in [0.15, 0.2) is 0 Å². The maximum atomic E-state index is 12.8. The zero-order valence-corrected chi connectivity index (χ0v) is 35.6. The molecule has 56 heavy (non-hydrogen) atoms. The third-order valence-electron chi connectivity index (χ3n) is 12.7. The second-order valence-electron chi connectivity index (χ2n) is 20.3. The van der Waals surface area contributed by atoms with E-state index in [0.29, 0.717) is 30.7 Å². The molecule has 6 bridgehead atoms. The molecule has 0 radical (unpaired) electrons. The first-order chi connectivity index (χ1) is 25.7. The van der Waals surface area contributed by atoms with Gasteiger partial charge in [0.2, 0.25) is 17.7 Å². The number of piperazine rings is 3. The number of carbonyl (C=O) groups is 2. The van der Waals surface area contributed by atoms with Crippen LogP contribution in [0.5, 0.6) is 0 Å². The molecule has 0 saturated carbocycles. The number of halogens is 5. The molecule has 0 aromatic heterocycles. The minimum absolute atomic E-state index is 0.0394. The fraction of sp³-hybridized carbons (Fsp3) is 0.814. The quantitative estimate of drug-likeness (QED) is 0.265. The first-order valence-electron chi connectivity index (χ1n) is 20.8. The van der Waals surface area contributed by atoms with E-state index in [0.717, 1.165) is 51.5 Å². The second-order valence-corrected chi connectivity index (χ2v) is 20.3. The van der Waals surface area contributed by atoms with Gasteiger partial charge in [0.1, 0.15) is 0 Å². The van der Waals surface area contributed by atoms with Crippen LogP contribution in [-0.4, -0.2) is 145 Å². The van der Waals surface area contributed by atoms with Crippen molar-refractivity contribution in [2.24, 2.45) is 0 Å². The zero-order chi connectivity index (χ0) is 41.6. The summed E-state index contributed by atoms with van der Waals surface area (Å²) < 4.78 is 62.0. The Hall–Kier alpha value is -2.35. The number of carbonyl (C=O) groups excluding carboxylic acids is 2. The molecule has 7 rings (SSSR count). The molecule has 0 spiro atoms. The van der Waals surface area contributed by atoms with Crippen LogP contribution in [0.2, 0.25) is 0 Å². The summed E-state index contributed by atoms with van der Waals surface area (Å²) in [7, 11) is 0. The largest absolute Gasteiger partial charge is 0.389 e. The van der Waals surface area contributed by atoms with Crippen molar-refractivity contribution < 1.29 is 31.5 Å². The molecule has 13 heteroatoms. The molecule has 1 aromatic carbocycles. The maximum absolute atomic E-state index is 12.8. The van der Waals surface area contributed by atoms with Crippen molar-refractivity contribution in [2.45, 2.75) is 186 Å². The number of benzene rings is 1. The predicted molar refractivity (Wildman–Crippen MR) is 211 cm³/mol. The summed E-state index contributed by atoms with van der Waals surface area (Å²) in [6.45, 7) is 27.4. The molecule has 0 aliphatic carbocycles. The fourth-order valence-electron chi connectivity index (χ4n) is 10.0. The van der Waals surface area contributed by atoms with Gasteiger partial charge in [-0.15, -0.1) is 0 Å². The van der Waals surface area contributed by atoms with Crippen molar-refractivity contribution >= 4 is 11.8 Å². The van der Waals surface area contributed by atoms with Crippen molar-refractivity contribution in [3.63, 3.8) is 0 Å². The molecule has 2 amide bonds. The number of fused-ring (bicyclic) bond motifs is 6. The molecule has 6 atom stereocenters. The molecular formula is C43H69F5N6O2. The number of hydrogen-bond acceptors (Lipinski definition) is 6. The van der Waals surface area contributed by atoms with Crippen molar-refractivity contribution in [2.75, 3.05) is 39.3 Å². The van der Waals surface area contributed by atoms with E-state index in [1.54, 1.807) is 4.90 Å². The van der Waals surface area contributed by atoms with E-state index in [-0.39, 0.29) is 47.8 Å². The van der Waals surface area contributed by atoms with Crippen LogP contribution in [0.1, 0.15) is 120 Å². The SMILES string of the molecule is CC(C)(C)N1CC2CC1CN2Cc1ccccc1.CC(C)(C)N1C[C@H]2C[C@@H]1CN2C(=O)CCC(F)(F)F.CC(F)(F)CCC(=O)N1C[C@@H]2C[C@H]1CN2C(C)(C)C. The summed E-state index contributed by atoms with van der Waals surface area (Å²) in [5.41, 5.74) is 1.96. The highest BCUT2D eigenvalue weighted by atomic mass is 19.4. The molecule has 6 saturated heterocycles. The van der Waals surface area contributed by atoms with E-state index in [1.807, 2.05) is 4.90 Å². The molecule has 6 heterocycles. The Morgan fingerprint density at radius 3 is 1.27 bits per heavy atom. The van der Waals surface area contributed by atoms with Gasteiger partial charge >= 0.3 is 6.18 Å². The number of nitrogens with zero attached hydrogens (tertiary/aromatic N) is 6. The van der Waals surface area contributed by atoms with Crippen LogP contribution >= 0.6 is 0 Å². The zero-order valence-electron chi connectivity index (χ0n) is 35.6. The van der Waals surface area contributed by atoms with Crippen LogP contribution in [0.4, 0.5) is 22.0 Å². The Morgan fingerprint density at radius 1 is 0.536 bits per heavy atom. The van der Waals surface area contributed by atoms with E-state index in [2.05, 4.69) is 112 Å². The van der Waals surface area contributed by atoms with Gasteiger partial charge in [-0.2, -0.15) is 13.2 Å². The standard InChI is InChI=1S/C16H24N2.C14H24F2N2O.C13H21F3N2O/c1-16(2,3)18-12-14-9-15(18)11-17(14)10-13-7-5-4-6-8-13;1-13(2,3)18-9-10-7-11(18)8-17(10)12(19)5-6-14(4,15)16;1-12(2,3)18-8-9-6-10(18)7-17(9)11(19)4-5-13(14,15)16/h4-8,14-15H,9-12H2,1-3H3;10-11H,5-9H2,1-4H3;9-10H,4-8H2,1-3H3/t;10-,11-;9-,10-/m.01/s1. The molecule has 6 aliphatic heterocycles. The van der Waals surface area contributed by atoms with Crippen LogP contribution in [0.15, 0.2) is 30.3 Å². The molecule has 0 N–H and O–H groups in total. The van der Waals surface area contributed by atoms with E-state index in [1.165, 1.54) is 25.1 Å². The fourth-order valence-corrected chi connectivity index (χ4v) is 10.0. The predicted octanol–water partition coefficient (Wildman–Crippen LogP) is 7.66. The number of rotatable bonds is 7. The normalized spacial score (nSPS) is 28.5. The average Bonchev–Trinajstić information content (AvgIpc) is 3.93. The number of likely N-dealkylation sites (tertiary alicyclic amines) is 6. The number of alkyl halides is 5. The lowest BCUT2D eigenvalue weighted by Gasteiger charge is -2.42. The minimum atomic E-state index is -4.24. The Morgan fingerprint density at radius 2 is 0.929 bits per heavy atom. The lowest BCUT2D eigenvalue weighted by atomic mass is 10.0. The van der Waals surface area contributed by atoms with Gasteiger partial charge in [-0.3, -0.25) is 29.2 Å². The third-order valence-corrected chi connectivity index (χ3v) is 12.7. The van der Waals surface area contributed by atoms with Gasteiger partial charge in [-0.25, -0.2) is 8.78 Å². The third kappa shape index (κ3) is 11.4. The molecule has 6 fully saturated rings. The summed E-state index contributed by atoms with van der Waals surface area (Å²) in [4.78, 5) is 37.5. The van der Waals surface area contributed by atoms with Crippen LogP contribution < -0.4 is 0 Å². The average molecular weight is 797 g/mol. The Balaban J connectivity index is 0.000000161. The highest BCUT2D eigenvalue weighted by Crippen LogP contribution is 2.39. The van der Waals surface area contributed by atoms with Crippen molar-refractivity contribution in [3.8, 4) is 0 Å². The Bertz CT molecular complexity index is 1410. The van der Waals surface area contributed by atoms with E-state index in [4.69, 9.17) is 0 Å². The first-order valence-corrected chi connectivity index (χ1v) is 20.8. The van der Waals surface area contributed by atoms with E-state index >= 15 is 0 Å². The van der Waals surface area contributed by atoms with Crippen LogP contribution in [0.25, 0.3) is 0 Å². The van der Waals surface area contributed by atoms with Crippen molar-refractivity contribution in [3.05, 3.63) is 35.9 Å². The van der Waals surface area contributed by atoms with Gasteiger partial charge in [0.25, 0.3) is 0 Å². The lowest BCUT2D eigenvalue weighted by molar-refractivity contribution is -0.150. The van der Waals surface area contributed by atoms with Crippen molar-refractivity contribution in [1.29, 1.82) is 0 Å². The van der Waals surface area contributed by atoms with Gasteiger partial charge in [0, 0.05) is 118 Å². The topological polar surface area (TPSA) is 53.6 Å². The number of hydrogen-bond donors (Lipinski definition) is 0. The van der Waals surface area contributed by atoms with E-state index in [9.17, 15) is 31.5 Å². The molecule has 318 valence electrons. The summed E-state index contributed by atoms with van der Waals surface area (Å²) in [6, 6.07) is 13.5. The summed E-state index contributed by atoms with van der Waals surface area (Å²) in [5, 5.41) is 0. The smallest absolute Gasteiger partial charge is 0.337 e. The minimum Gasteiger partial charge on any atom is -0.337 e. The van der Waals surface area contributed by atoms with Crippen molar-refractivity contribution in [1.82, 2.24) is 29.4 Å². The first kappa shape index (κ1) is 44.7. The summed E-state index contributed by atoms with van der Waals surface area (Å²) in [6.07, 6.45) is -2.80. The van der Waals surface area contributed by atoms with Crippen LogP contribution in [0.3, 0.4) is 0 Å². The molecule has 6 aliphatic rings. The van der Waals surface area contributed by atoms with Crippen LogP contribution in [0, 0.1) is 0 Å². The Kier molecular flexibility index (Phi) is 13.4. The van der Waals surface area contributed by atoms with E-state index < -0.39 is 24.9 Å². The summed E-state index contributed by atoms with van der Waals surface area (Å²) in [5.74, 6) is -3.20. The monoisotopic (exact) mass is 797 g/mol.